The molecule has 6 heteroatoms. The second-order valence-corrected chi connectivity index (χ2v) is 5.55. The molecule has 1 atom stereocenters. The molecule has 1 N–H and O–H groups in total. The number of aliphatic hydroxyl groups is 1. The Morgan fingerprint density at radius 3 is 2.33 bits per heavy atom. The van der Waals surface area contributed by atoms with E-state index >= 15 is 0 Å². The third kappa shape index (κ3) is 4.90. The van der Waals surface area contributed by atoms with Gasteiger partial charge in [0.15, 0.2) is 0 Å². The summed E-state index contributed by atoms with van der Waals surface area (Å²) in [6, 6.07) is 4.10. The first-order chi connectivity index (χ1) is 9.42. The van der Waals surface area contributed by atoms with Crippen molar-refractivity contribution in [3.05, 3.63) is 47.5 Å². The van der Waals surface area contributed by atoms with Crippen LogP contribution in [0.4, 0.5) is 13.2 Å². The van der Waals surface area contributed by atoms with Crippen LogP contribution in [0.5, 0.6) is 0 Å². The second kappa shape index (κ2) is 5.89. The van der Waals surface area contributed by atoms with Gasteiger partial charge in [-0.25, -0.2) is 4.79 Å². The van der Waals surface area contributed by atoms with Crippen LogP contribution >= 0.6 is 0 Å². The van der Waals surface area contributed by atoms with Gasteiger partial charge >= 0.3 is 12.1 Å². The van der Waals surface area contributed by atoms with Gasteiger partial charge < -0.3 is 9.84 Å². The highest BCUT2D eigenvalue weighted by molar-refractivity contribution is 5.89. The number of hydrogen-bond acceptors (Lipinski definition) is 3. The fraction of sp³-hybridized carbons (Fsp3) is 0.400. The van der Waals surface area contributed by atoms with E-state index in [1.54, 1.807) is 20.8 Å². The molecule has 1 aromatic rings. The summed E-state index contributed by atoms with van der Waals surface area (Å²) in [7, 11) is 0. The summed E-state index contributed by atoms with van der Waals surface area (Å²) in [5, 5.41) is 9.98. The van der Waals surface area contributed by atoms with Crippen molar-refractivity contribution in [2.45, 2.75) is 38.7 Å². The molecule has 0 radical (unpaired) electrons. The zero-order valence-electron chi connectivity index (χ0n) is 12.0. The van der Waals surface area contributed by atoms with Crippen molar-refractivity contribution >= 4 is 5.97 Å². The summed E-state index contributed by atoms with van der Waals surface area (Å²) in [4.78, 5) is 11.8. The SMILES string of the molecule is C=C(C(=O)OC(C)(C)C)C(O)c1cccc(C(F)(F)F)c1. The lowest BCUT2D eigenvalue weighted by Gasteiger charge is -2.22. The van der Waals surface area contributed by atoms with E-state index in [2.05, 4.69) is 6.58 Å². The minimum absolute atomic E-state index is 0.0688. The summed E-state index contributed by atoms with van der Waals surface area (Å²) >= 11 is 0. The molecule has 0 aliphatic heterocycles. The Kier molecular flexibility index (Phi) is 4.83. The van der Waals surface area contributed by atoms with E-state index in [1.165, 1.54) is 6.07 Å². The smallest absolute Gasteiger partial charge is 0.416 e. The number of ether oxygens (including phenoxy) is 1. The van der Waals surface area contributed by atoms with Crippen LogP contribution in [-0.4, -0.2) is 16.7 Å². The fourth-order valence-electron chi connectivity index (χ4n) is 1.54. The van der Waals surface area contributed by atoms with Crippen LogP contribution < -0.4 is 0 Å². The van der Waals surface area contributed by atoms with E-state index in [0.29, 0.717) is 0 Å². The summed E-state index contributed by atoms with van der Waals surface area (Å²) in [5.41, 5.74) is -2.07. The largest absolute Gasteiger partial charge is 0.457 e. The van der Waals surface area contributed by atoms with E-state index in [-0.39, 0.29) is 11.1 Å². The minimum atomic E-state index is -4.52. The van der Waals surface area contributed by atoms with Gasteiger partial charge in [0.2, 0.25) is 0 Å². The topological polar surface area (TPSA) is 46.5 Å². The van der Waals surface area contributed by atoms with Crippen LogP contribution in [0.15, 0.2) is 36.4 Å². The van der Waals surface area contributed by atoms with Gasteiger partial charge in [0.05, 0.1) is 11.1 Å². The van der Waals surface area contributed by atoms with Crippen LogP contribution in [0.1, 0.15) is 38.0 Å². The highest BCUT2D eigenvalue weighted by atomic mass is 19.4. The number of esters is 1. The first kappa shape index (κ1) is 17.2. The van der Waals surface area contributed by atoms with Crippen molar-refractivity contribution in [3.8, 4) is 0 Å². The van der Waals surface area contributed by atoms with E-state index in [4.69, 9.17) is 4.74 Å². The van der Waals surface area contributed by atoms with Gasteiger partial charge in [-0.3, -0.25) is 0 Å². The molecule has 21 heavy (non-hydrogen) atoms. The minimum Gasteiger partial charge on any atom is -0.457 e. The molecule has 0 amide bonds. The van der Waals surface area contributed by atoms with Crippen LogP contribution in [0.2, 0.25) is 0 Å². The number of benzene rings is 1. The number of hydrogen-bond donors (Lipinski definition) is 1. The van der Waals surface area contributed by atoms with Gasteiger partial charge in [0.1, 0.15) is 11.7 Å². The van der Waals surface area contributed by atoms with Crippen LogP contribution in [0.3, 0.4) is 0 Å². The molecule has 0 aliphatic carbocycles. The quantitative estimate of drug-likeness (QED) is 0.685. The molecule has 0 spiro atoms. The van der Waals surface area contributed by atoms with Crippen LogP contribution in [0.25, 0.3) is 0 Å². The Hall–Kier alpha value is -1.82. The maximum Gasteiger partial charge on any atom is 0.416 e. The number of carbonyl (C=O) groups is 1. The van der Waals surface area contributed by atoms with Gasteiger partial charge in [-0.2, -0.15) is 13.2 Å². The lowest BCUT2D eigenvalue weighted by Crippen LogP contribution is -2.26. The molecule has 0 saturated heterocycles. The van der Waals surface area contributed by atoms with Crippen molar-refractivity contribution < 1.29 is 27.8 Å². The van der Waals surface area contributed by atoms with E-state index in [1.807, 2.05) is 0 Å². The standard InChI is InChI=1S/C15H17F3O3/c1-9(13(20)21-14(2,3)4)12(19)10-6-5-7-11(8-10)15(16,17)18/h5-8,12,19H,1H2,2-4H3. The monoisotopic (exact) mass is 302 g/mol. The Labute approximate surface area is 121 Å². The van der Waals surface area contributed by atoms with Crippen molar-refractivity contribution in [1.82, 2.24) is 0 Å². The fourth-order valence-corrected chi connectivity index (χ4v) is 1.54. The average Bonchev–Trinajstić information content (AvgIpc) is 2.34. The van der Waals surface area contributed by atoms with Crippen molar-refractivity contribution in [2.75, 3.05) is 0 Å². The van der Waals surface area contributed by atoms with Gasteiger partial charge in [0, 0.05) is 0 Å². The predicted octanol–water partition coefficient (Wildman–Crippen LogP) is 3.64. The molecule has 0 aliphatic rings. The zero-order valence-corrected chi connectivity index (χ0v) is 12.0. The summed E-state index contributed by atoms with van der Waals surface area (Å²) in [5.74, 6) is -0.854. The van der Waals surface area contributed by atoms with Gasteiger partial charge in [-0.05, 0) is 38.5 Å². The van der Waals surface area contributed by atoms with Crippen LogP contribution in [-0.2, 0) is 15.7 Å². The maximum absolute atomic E-state index is 12.6. The third-order valence-electron chi connectivity index (χ3n) is 2.52. The summed E-state index contributed by atoms with van der Waals surface area (Å²) in [6.45, 7) is 8.30. The maximum atomic E-state index is 12.6. The first-order valence-electron chi connectivity index (χ1n) is 6.19. The van der Waals surface area contributed by atoms with Crippen molar-refractivity contribution in [3.63, 3.8) is 0 Å². The van der Waals surface area contributed by atoms with Gasteiger partial charge in [-0.1, -0.05) is 18.7 Å². The molecule has 0 aromatic heterocycles. The molecular formula is C15H17F3O3. The number of halogens is 3. The number of carbonyl (C=O) groups excluding carboxylic acids is 1. The lowest BCUT2D eigenvalue weighted by atomic mass is 10.0. The normalized spacial score (nSPS) is 13.7. The molecule has 0 heterocycles. The van der Waals surface area contributed by atoms with E-state index in [9.17, 15) is 23.1 Å². The highest BCUT2D eigenvalue weighted by Crippen LogP contribution is 2.32. The molecule has 1 aromatic carbocycles. The number of aliphatic hydroxyl groups excluding tert-OH is 1. The second-order valence-electron chi connectivity index (χ2n) is 5.55. The molecule has 0 fully saturated rings. The zero-order chi connectivity index (χ0) is 16.4. The van der Waals surface area contributed by atoms with Gasteiger partial charge in [-0.15, -0.1) is 0 Å². The van der Waals surface area contributed by atoms with E-state index < -0.39 is 29.4 Å². The lowest BCUT2D eigenvalue weighted by molar-refractivity contribution is -0.151. The summed E-state index contributed by atoms with van der Waals surface area (Å²) in [6.07, 6.45) is -6.08. The van der Waals surface area contributed by atoms with E-state index in [0.717, 1.165) is 18.2 Å². The molecule has 0 saturated carbocycles. The molecule has 1 rings (SSSR count). The highest BCUT2D eigenvalue weighted by Gasteiger charge is 2.32. The number of rotatable bonds is 3. The van der Waals surface area contributed by atoms with Crippen LogP contribution in [0, 0.1) is 0 Å². The van der Waals surface area contributed by atoms with Crippen molar-refractivity contribution in [2.24, 2.45) is 0 Å². The first-order valence-corrected chi connectivity index (χ1v) is 6.19. The number of alkyl halides is 3. The molecule has 3 nitrogen and oxygen atoms in total. The Bertz CT molecular complexity index is 542. The average molecular weight is 302 g/mol. The Morgan fingerprint density at radius 2 is 1.86 bits per heavy atom. The third-order valence-corrected chi connectivity index (χ3v) is 2.52. The molecule has 1 unspecified atom stereocenters. The van der Waals surface area contributed by atoms with Gasteiger partial charge in [0.25, 0.3) is 0 Å². The molecular weight excluding hydrogens is 285 g/mol. The Balaban J connectivity index is 2.96. The predicted molar refractivity (Wildman–Crippen MR) is 71.4 cm³/mol. The Morgan fingerprint density at radius 1 is 1.29 bits per heavy atom. The molecule has 116 valence electrons. The van der Waals surface area contributed by atoms with Crippen molar-refractivity contribution in [1.29, 1.82) is 0 Å². The summed E-state index contributed by atoms with van der Waals surface area (Å²) < 4.78 is 42.9. The molecule has 0 bridgehead atoms.